The summed E-state index contributed by atoms with van der Waals surface area (Å²) in [4.78, 5) is 10.4. The summed E-state index contributed by atoms with van der Waals surface area (Å²) in [6, 6.07) is 17.2. The smallest absolute Gasteiger partial charge is 0.300 e. The van der Waals surface area contributed by atoms with Crippen LogP contribution in [0.15, 0.2) is 59.6 Å². The van der Waals surface area contributed by atoms with Crippen molar-refractivity contribution in [2.45, 2.75) is 18.7 Å². The third-order valence-corrected chi connectivity index (χ3v) is 4.67. The van der Waals surface area contributed by atoms with Crippen LogP contribution in [-0.2, 0) is 4.79 Å². The minimum absolute atomic E-state index is 0.833. The van der Waals surface area contributed by atoms with Crippen LogP contribution in [0.3, 0.4) is 0 Å². The number of thioether (sulfide) groups is 1. The number of aryl methyl sites for hydroxylation is 1. The second-order valence-electron chi connectivity index (χ2n) is 5.33. The topological polar surface area (TPSA) is 45.5 Å². The van der Waals surface area contributed by atoms with E-state index < -0.39 is 5.97 Å². The molecule has 0 bridgehead atoms. The van der Waals surface area contributed by atoms with Gasteiger partial charge in [-0.05, 0) is 30.7 Å². The van der Waals surface area contributed by atoms with Crippen LogP contribution in [0, 0.1) is 6.92 Å². The van der Waals surface area contributed by atoms with Crippen molar-refractivity contribution in [3.63, 3.8) is 0 Å². The first-order chi connectivity index (χ1) is 11.1. The molecule has 4 nitrogen and oxygen atoms in total. The fraction of sp³-hybridized carbons (Fsp3) is 0.167. The minimum Gasteiger partial charge on any atom is -0.481 e. The van der Waals surface area contributed by atoms with Gasteiger partial charge in [-0.3, -0.25) is 14.5 Å². The number of aromatic nitrogens is 1. The Balaban J connectivity index is 0.000000354. The van der Waals surface area contributed by atoms with Crippen LogP contribution < -0.4 is 5.01 Å². The summed E-state index contributed by atoms with van der Waals surface area (Å²) in [6.45, 7) is 3.26. The van der Waals surface area contributed by atoms with Crippen LogP contribution in [0.2, 0.25) is 0 Å². The highest BCUT2D eigenvalue weighted by molar-refractivity contribution is 7.99. The number of hydrogen-bond donors (Lipinski definition) is 1. The van der Waals surface area contributed by atoms with Gasteiger partial charge in [0, 0.05) is 23.4 Å². The van der Waals surface area contributed by atoms with Gasteiger partial charge in [-0.25, -0.2) is 0 Å². The average Bonchev–Trinajstić information content (AvgIpc) is 3.09. The van der Waals surface area contributed by atoms with E-state index in [9.17, 15) is 0 Å². The van der Waals surface area contributed by atoms with Gasteiger partial charge in [-0.2, -0.15) is 0 Å². The summed E-state index contributed by atoms with van der Waals surface area (Å²) >= 11 is 1.89. The van der Waals surface area contributed by atoms with E-state index in [0.29, 0.717) is 0 Å². The average molecular weight is 326 g/mol. The molecule has 0 atom stereocenters. The SMILES string of the molecule is CC(=O)O.Cc1cn(N2CSc3ccccc32)c2ccccc12. The predicted molar refractivity (Wildman–Crippen MR) is 95.0 cm³/mol. The van der Waals surface area contributed by atoms with Crippen LogP contribution in [0.4, 0.5) is 5.69 Å². The lowest BCUT2D eigenvalue weighted by Crippen LogP contribution is -2.25. The summed E-state index contributed by atoms with van der Waals surface area (Å²) in [7, 11) is 0. The van der Waals surface area contributed by atoms with Crippen LogP contribution in [0.5, 0.6) is 0 Å². The highest BCUT2D eigenvalue weighted by Gasteiger charge is 2.21. The Morgan fingerprint density at radius 1 is 1.13 bits per heavy atom. The fourth-order valence-electron chi connectivity index (χ4n) is 2.70. The van der Waals surface area contributed by atoms with E-state index in [0.717, 1.165) is 12.8 Å². The maximum absolute atomic E-state index is 9.00. The van der Waals surface area contributed by atoms with E-state index in [4.69, 9.17) is 9.90 Å². The number of benzene rings is 2. The lowest BCUT2D eigenvalue weighted by molar-refractivity contribution is -0.134. The van der Waals surface area contributed by atoms with E-state index in [1.165, 1.54) is 27.0 Å². The van der Waals surface area contributed by atoms with Crippen molar-refractivity contribution in [3.05, 3.63) is 60.3 Å². The largest absolute Gasteiger partial charge is 0.481 e. The summed E-state index contributed by atoms with van der Waals surface area (Å²) in [6.07, 6.45) is 2.23. The molecule has 118 valence electrons. The van der Waals surface area contributed by atoms with Gasteiger partial charge in [0.05, 0.1) is 17.1 Å². The van der Waals surface area contributed by atoms with Crippen molar-refractivity contribution < 1.29 is 9.90 Å². The summed E-state index contributed by atoms with van der Waals surface area (Å²) in [5.41, 5.74) is 3.90. The summed E-state index contributed by atoms with van der Waals surface area (Å²) in [5.74, 6) is 0.136. The molecule has 1 aromatic heterocycles. The number of fused-ring (bicyclic) bond motifs is 2. The normalized spacial score (nSPS) is 12.7. The third-order valence-electron chi connectivity index (χ3n) is 3.64. The number of carbonyl (C=O) groups is 1. The zero-order chi connectivity index (χ0) is 16.4. The first-order valence-corrected chi connectivity index (χ1v) is 8.32. The van der Waals surface area contributed by atoms with Crippen molar-refractivity contribution in [1.29, 1.82) is 0 Å². The number of anilines is 1. The van der Waals surface area contributed by atoms with Gasteiger partial charge in [0.25, 0.3) is 5.97 Å². The molecule has 4 rings (SSSR count). The van der Waals surface area contributed by atoms with E-state index in [2.05, 4.69) is 71.3 Å². The number of hydrogen-bond acceptors (Lipinski definition) is 3. The Kier molecular flexibility index (Phi) is 4.30. The second kappa shape index (κ2) is 6.38. The highest BCUT2D eigenvalue weighted by atomic mass is 32.2. The lowest BCUT2D eigenvalue weighted by Gasteiger charge is -2.21. The molecule has 3 aromatic rings. The molecule has 0 aliphatic carbocycles. The van der Waals surface area contributed by atoms with Crippen LogP contribution in [0.1, 0.15) is 12.5 Å². The Bertz CT molecular complexity index is 853. The molecular weight excluding hydrogens is 308 g/mol. The Morgan fingerprint density at radius 2 is 1.78 bits per heavy atom. The van der Waals surface area contributed by atoms with Gasteiger partial charge in [0.15, 0.2) is 0 Å². The molecule has 2 heterocycles. The molecule has 1 aliphatic rings. The number of aliphatic carboxylic acids is 1. The Labute approximate surface area is 139 Å². The van der Waals surface area contributed by atoms with E-state index in [1.54, 1.807) is 0 Å². The van der Waals surface area contributed by atoms with Crippen molar-refractivity contribution in [2.24, 2.45) is 0 Å². The van der Waals surface area contributed by atoms with Gasteiger partial charge in [0.1, 0.15) is 0 Å². The molecule has 0 saturated heterocycles. The zero-order valence-corrected chi connectivity index (χ0v) is 13.9. The van der Waals surface area contributed by atoms with Crippen molar-refractivity contribution in [3.8, 4) is 0 Å². The molecule has 23 heavy (non-hydrogen) atoms. The molecule has 1 N–H and O–H groups in total. The first kappa shape index (κ1) is 15.5. The number of nitrogens with zero attached hydrogens (tertiary/aromatic N) is 2. The molecule has 2 aromatic carbocycles. The van der Waals surface area contributed by atoms with Gasteiger partial charge >= 0.3 is 0 Å². The molecule has 1 aliphatic heterocycles. The molecular formula is C18H18N2O2S. The minimum atomic E-state index is -0.833. The standard InChI is InChI=1S/C16H14N2S.C2H4O2/c1-12-10-17(14-7-3-2-6-13(12)14)18-11-19-16-9-5-4-8-15(16)18;1-2(3)4/h2-10H,11H2,1H3;1H3,(H,3,4). The third kappa shape index (κ3) is 3.05. The number of rotatable bonds is 1. The first-order valence-electron chi connectivity index (χ1n) is 7.34. The van der Waals surface area contributed by atoms with Gasteiger partial charge < -0.3 is 5.11 Å². The van der Waals surface area contributed by atoms with Gasteiger partial charge in [0.2, 0.25) is 0 Å². The number of carboxylic acids is 1. The second-order valence-corrected chi connectivity index (χ2v) is 6.32. The molecule has 0 radical (unpaired) electrons. The monoisotopic (exact) mass is 326 g/mol. The Morgan fingerprint density at radius 3 is 2.57 bits per heavy atom. The number of para-hydroxylation sites is 2. The predicted octanol–water partition coefficient (Wildman–Crippen LogP) is 4.37. The van der Waals surface area contributed by atoms with Crippen LogP contribution in [-0.4, -0.2) is 21.6 Å². The molecule has 0 amide bonds. The maximum Gasteiger partial charge on any atom is 0.300 e. The van der Waals surface area contributed by atoms with Crippen molar-refractivity contribution in [1.82, 2.24) is 4.68 Å². The van der Waals surface area contributed by atoms with Crippen LogP contribution in [0.25, 0.3) is 10.9 Å². The highest BCUT2D eigenvalue weighted by Crippen LogP contribution is 2.39. The zero-order valence-electron chi connectivity index (χ0n) is 13.1. The summed E-state index contributed by atoms with van der Waals surface area (Å²) < 4.78 is 2.28. The van der Waals surface area contributed by atoms with E-state index in [1.807, 2.05) is 11.8 Å². The summed E-state index contributed by atoms with van der Waals surface area (Å²) in [5, 5.41) is 11.1. The lowest BCUT2D eigenvalue weighted by atomic mass is 10.2. The molecule has 0 spiro atoms. The molecule has 0 fully saturated rings. The molecule has 5 heteroatoms. The van der Waals surface area contributed by atoms with E-state index in [-0.39, 0.29) is 0 Å². The van der Waals surface area contributed by atoms with Crippen LogP contribution >= 0.6 is 11.8 Å². The Hall–Kier alpha value is -2.40. The van der Waals surface area contributed by atoms with Crippen molar-refractivity contribution >= 4 is 34.3 Å². The van der Waals surface area contributed by atoms with Crippen molar-refractivity contribution in [2.75, 3.05) is 10.9 Å². The van der Waals surface area contributed by atoms with E-state index >= 15 is 0 Å². The fourth-order valence-corrected chi connectivity index (χ4v) is 3.72. The number of carboxylic acid groups (broad SMARTS) is 1. The van der Waals surface area contributed by atoms with Gasteiger partial charge in [-0.1, -0.05) is 30.3 Å². The maximum atomic E-state index is 9.00. The molecule has 0 unspecified atom stereocenters. The van der Waals surface area contributed by atoms with Gasteiger partial charge in [-0.15, -0.1) is 11.8 Å². The quantitative estimate of drug-likeness (QED) is 0.721. The molecule has 0 saturated carbocycles.